The number of thioether (sulfide) groups is 1. The number of benzene rings is 1. The highest BCUT2D eigenvalue weighted by Crippen LogP contribution is 2.54. The summed E-state index contributed by atoms with van der Waals surface area (Å²) in [5.74, 6) is 1.78. The predicted molar refractivity (Wildman–Crippen MR) is 126 cm³/mol. The SMILES string of the molecule is CNc1ccc(-c2nc(N3CCOCC3)cc(C3(Sc4ccccn4)CCC3)n2)cc1. The molecule has 3 heterocycles. The number of hydrogen-bond donors (Lipinski definition) is 1. The molecular formula is C24H27N5OS. The van der Waals surface area contributed by atoms with Gasteiger partial charge < -0.3 is 15.0 Å². The minimum Gasteiger partial charge on any atom is -0.388 e. The Labute approximate surface area is 187 Å². The molecule has 3 aromatic rings. The van der Waals surface area contributed by atoms with E-state index in [0.29, 0.717) is 0 Å². The van der Waals surface area contributed by atoms with Crippen LogP contribution in [-0.4, -0.2) is 48.3 Å². The molecule has 0 atom stereocenters. The fourth-order valence-electron chi connectivity index (χ4n) is 4.05. The van der Waals surface area contributed by atoms with Crippen LogP contribution < -0.4 is 10.2 Å². The summed E-state index contributed by atoms with van der Waals surface area (Å²) in [6.45, 7) is 3.18. The molecule has 1 saturated heterocycles. The second-order valence-corrected chi connectivity index (χ2v) is 9.38. The molecule has 0 spiro atoms. The molecule has 1 aromatic carbocycles. The number of nitrogens with one attached hydrogen (secondary N) is 1. The van der Waals surface area contributed by atoms with Crippen LogP contribution in [0.1, 0.15) is 25.0 Å². The second kappa shape index (κ2) is 8.85. The zero-order valence-corrected chi connectivity index (χ0v) is 18.6. The zero-order chi connectivity index (χ0) is 21.1. The third kappa shape index (κ3) is 4.25. The topological polar surface area (TPSA) is 63.2 Å². The summed E-state index contributed by atoms with van der Waals surface area (Å²) in [5.41, 5.74) is 3.22. The van der Waals surface area contributed by atoms with Crippen molar-refractivity contribution < 1.29 is 4.74 Å². The van der Waals surface area contributed by atoms with Crippen LogP contribution in [0.5, 0.6) is 0 Å². The Kier molecular flexibility index (Phi) is 5.78. The smallest absolute Gasteiger partial charge is 0.161 e. The lowest BCUT2D eigenvalue weighted by atomic mass is 9.81. The van der Waals surface area contributed by atoms with Gasteiger partial charge in [-0.3, -0.25) is 0 Å². The average Bonchev–Trinajstić information content (AvgIpc) is 2.82. The molecule has 1 N–H and O–H groups in total. The van der Waals surface area contributed by atoms with Crippen LogP contribution >= 0.6 is 11.8 Å². The van der Waals surface area contributed by atoms with Gasteiger partial charge in [0.15, 0.2) is 5.82 Å². The fourth-order valence-corrected chi connectivity index (χ4v) is 5.42. The largest absolute Gasteiger partial charge is 0.388 e. The Balaban J connectivity index is 1.56. The first-order valence-corrected chi connectivity index (χ1v) is 11.7. The monoisotopic (exact) mass is 433 g/mol. The van der Waals surface area contributed by atoms with Crippen LogP contribution in [0, 0.1) is 0 Å². The third-order valence-electron chi connectivity index (χ3n) is 6.05. The molecule has 31 heavy (non-hydrogen) atoms. The van der Waals surface area contributed by atoms with Crippen molar-refractivity contribution in [2.24, 2.45) is 0 Å². The molecule has 2 aromatic heterocycles. The van der Waals surface area contributed by atoms with Gasteiger partial charge in [-0.2, -0.15) is 0 Å². The number of pyridine rings is 1. The predicted octanol–water partition coefficient (Wildman–Crippen LogP) is 4.59. The summed E-state index contributed by atoms with van der Waals surface area (Å²) in [6, 6.07) is 16.6. The van der Waals surface area contributed by atoms with Gasteiger partial charge in [0.05, 0.1) is 28.7 Å². The Morgan fingerprint density at radius 3 is 2.48 bits per heavy atom. The van der Waals surface area contributed by atoms with E-state index in [9.17, 15) is 0 Å². The van der Waals surface area contributed by atoms with Crippen LogP contribution in [0.3, 0.4) is 0 Å². The Hall–Kier alpha value is -2.64. The first-order valence-electron chi connectivity index (χ1n) is 10.9. The molecule has 7 heteroatoms. The maximum atomic E-state index is 5.57. The standard InChI is InChI=1S/C24H27N5OS/c1-25-19-8-6-18(7-9-19)23-27-20(17-21(28-23)29-13-15-30-16-14-29)24(10-4-11-24)31-22-5-2-3-12-26-22/h2-3,5-9,12,17,25H,4,10-11,13-16H2,1H3. The Bertz CT molecular complexity index is 1020. The van der Waals surface area contributed by atoms with Crippen molar-refractivity contribution in [2.45, 2.75) is 29.0 Å². The summed E-state index contributed by atoms with van der Waals surface area (Å²) in [7, 11) is 1.93. The van der Waals surface area contributed by atoms with Crippen LogP contribution in [-0.2, 0) is 9.48 Å². The highest BCUT2D eigenvalue weighted by Gasteiger charge is 2.42. The molecule has 2 aliphatic rings. The number of anilines is 2. The number of nitrogens with zero attached hydrogens (tertiary/aromatic N) is 4. The lowest BCUT2D eigenvalue weighted by Crippen LogP contribution is -2.38. The molecule has 160 valence electrons. The molecule has 1 aliphatic carbocycles. The van der Waals surface area contributed by atoms with Gasteiger partial charge in [0.1, 0.15) is 5.82 Å². The van der Waals surface area contributed by atoms with Crippen molar-refractivity contribution in [1.82, 2.24) is 15.0 Å². The van der Waals surface area contributed by atoms with Gasteiger partial charge in [0, 0.05) is 43.7 Å². The molecule has 0 amide bonds. The highest BCUT2D eigenvalue weighted by atomic mass is 32.2. The van der Waals surface area contributed by atoms with Crippen LogP contribution in [0.25, 0.3) is 11.4 Å². The third-order valence-corrected chi connectivity index (χ3v) is 7.50. The second-order valence-electron chi connectivity index (χ2n) is 7.98. The van der Waals surface area contributed by atoms with E-state index < -0.39 is 0 Å². The average molecular weight is 434 g/mol. The fraction of sp³-hybridized carbons (Fsp3) is 0.375. The number of morpholine rings is 1. The molecule has 0 unspecified atom stereocenters. The molecule has 1 aliphatic heterocycles. The summed E-state index contributed by atoms with van der Waals surface area (Å²) in [4.78, 5) is 17.0. The van der Waals surface area contributed by atoms with Gasteiger partial charge in [0.2, 0.25) is 0 Å². The quantitative estimate of drug-likeness (QED) is 0.610. The van der Waals surface area contributed by atoms with Gasteiger partial charge in [-0.25, -0.2) is 15.0 Å². The number of aromatic nitrogens is 3. The maximum Gasteiger partial charge on any atom is 0.161 e. The van der Waals surface area contributed by atoms with E-state index in [2.05, 4.69) is 57.7 Å². The lowest BCUT2D eigenvalue weighted by molar-refractivity contribution is 0.122. The van der Waals surface area contributed by atoms with E-state index in [0.717, 1.165) is 72.8 Å². The number of rotatable bonds is 6. The molecule has 5 rings (SSSR count). The molecule has 0 radical (unpaired) electrons. The first kappa shape index (κ1) is 20.3. The Morgan fingerprint density at radius 1 is 1.03 bits per heavy atom. The van der Waals surface area contributed by atoms with E-state index in [1.54, 1.807) is 0 Å². The molecule has 6 nitrogen and oxygen atoms in total. The normalized spacial score (nSPS) is 17.8. The summed E-state index contributed by atoms with van der Waals surface area (Å²) >= 11 is 1.84. The van der Waals surface area contributed by atoms with E-state index in [4.69, 9.17) is 14.7 Å². The summed E-state index contributed by atoms with van der Waals surface area (Å²) < 4.78 is 5.52. The van der Waals surface area contributed by atoms with Crippen molar-refractivity contribution in [1.29, 1.82) is 0 Å². The van der Waals surface area contributed by atoms with Crippen molar-refractivity contribution in [3.63, 3.8) is 0 Å². The number of ether oxygens (including phenoxy) is 1. The van der Waals surface area contributed by atoms with E-state index in [-0.39, 0.29) is 4.75 Å². The van der Waals surface area contributed by atoms with Gasteiger partial charge in [-0.15, -0.1) is 0 Å². The first-order chi connectivity index (χ1) is 15.3. The van der Waals surface area contributed by atoms with Gasteiger partial charge in [0.25, 0.3) is 0 Å². The zero-order valence-electron chi connectivity index (χ0n) is 17.8. The summed E-state index contributed by atoms with van der Waals surface area (Å²) in [6.07, 6.45) is 5.28. The van der Waals surface area contributed by atoms with Crippen molar-refractivity contribution in [3.05, 3.63) is 60.4 Å². The van der Waals surface area contributed by atoms with E-state index in [1.807, 2.05) is 31.1 Å². The van der Waals surface area contributed by atoms with Gasteiger partial charge >= 0.3 is 0 Å². The molecule has 0 bridgehead atoms. The molecule has 1 saturated carbocycles. The minimum absolute atomic E-state index is 0.0437. The van der Waals surface area contributed by atoms with E-state index >= 15 is 0 Å². The number of hydrogen-bond acceptors (Lipinski definition) is 7. The lowest BCUT2D eigenvalue weighted by Gasteiger charge is -2.41. The van der Waals surface area contributed by atoms with Crippen LogP contribution in [0.2, 0.25) is 0 Å². The van der Waals surface area contributed by atoms with E-state index in [1.165, 1.54) is 6.42 Å². The van der Waals surface area contributed by atoms with Crippen molar-refractivity contribution >= 4 is 23.3 Å². The molecular weight excluding hydrogens is 406 g/mol. The highest BCUT2D eigenvalue weighted by molar-refractivity contribution is 8.00. The van der Waals surface area contributed by atoms with Crippen LogP contribution in [0.15, 0.2) is 59.8 Å². The van der Waals surface area contributed by atoms with Gasteiger partial charge in [-0.1, -0.05) is 17.8 Å². The maximum absolute atomic E-state index is 5.57. The van der Waals surface area contributed by atoms with Gasteiger partial charge in [-0.05, 0) is 55.7 Å². The van der Waals surface area contributed by atoms with Crippen molar-refractivity contribution in [2.75, 3.05) is 43.6 Å². The minimum atomic E-state index is -0.0437. The molecule has 2 fully saturated rings. The van der Waals surface area contributed by atoms with Crippen molar-refractivity contribution in [3.8, 4) is 11.4 Å². The Morgan fingerprint density at radius 2 is 1.84 bits per heavy atom. The van der Waals surface area contributed by atoms with Crippen LogP contribution in [0.4, 0.5) is 11.5 Å². The summed E-state index contributed by atoms with van der Waals surface area (Å²) in [5, 5.41) is 4.23.